The maximum absolute atomic E-state index is 6.16. The zero-order valence-electron chi connectivity index (χ0n) is 11.9. The van der Waals surface area contributed by atoms with E-state index in [-0.39, 0.29) is 0 Å². The summed E-state index contributed by atoms with van der Waals surface area (Å²) < 4.78 is 0. The molecule has 18 heavy (non-hydrogen) atoms. The molecule has 0 aromatic heterocycles. The molecule has 0 bridgehead atoms. The average molecular weight is 246 g/mol. The van der Waals surface area contributed by atoms with E-state index in [1.807, 2.05) is 0 Å². The highest BCUT2D eigenvalue weighted by atomic mass is 15.1. The van der Waals surface area contributed by atoms with Crippen LogP contribution in [-0.4, -0.2) is 24.0 Å². The normalized spacial score (nSPS) is 24.1. The van der Waals surface area contributed by atoms with E-state index >= 15 is 0 Å². The van der Waals surface area contributed by atoms with Gasteiger partial charge in [0.25, 0.3) is 0 Å². The Morgan fingerprint density at radius 3 is 2.39 bits per heavy atom. The Balaban J connectivity index is 1.96. The van der Waals surface area contributed by atoms with Crippen molar-refractivity contribution in [3.05, 3.63) is 35.4 Å². The average Bonchev–Trinajstić information content (AvgIpc) is 2.76. The Morgan fingerprint density at radius 1 is 1.22 bits per heavy atom. The monoisotopic (exact) mass is 246 g/mol. The molecule has 0 heterocycles. The Kier molecular flexibility index (Phi) is 4.41. The van der Waals surface area contributed by atoms with Crippen molar-refractivity contribution in [2.75, 3.05) is 7.05 Å². The summed E-state index contributed by atoms with van der Waals surface area (Å²) in [5.74, 6) is 0.611. The third kappa shape index (κ3) is 3.12. The summed E-state index contributed by atoms with van der Waals surface area (Å²) in [5, 5.41) is 0. The first-order chi connectivity index (χ1) is 8.58. The van der Waals surface area contributed by atoms with Crippen LogP contribution in [0.3, 0.4) is 0 Å². The van der Waals surface area contributed by atoms with Gasteiger partial charge in [-0.1, -0.05) is 44.5 Å². The highest BCUT2D eigenvalue weighted by Gasteiger charge is 2.27. The lowest BCUT2D eigenvalue weighted by Crippen LogP contribution is -2.41. The second kappa shape index (κ2) is 5.85. The number of hydrogen-bond acceptors (Lipinski definition) is 2. The first kappa shape index (κ1) is 13.6. The fourth-order valence-corrected chi connectivity index (χ4v) is 2.93. The number of likely N-dealkylation sites (N-methyl/N-ethyl adjacent to an activating group) is 1. The van der Waals surface area contributed by atoms with Crippen molar-refractivity contribution in [3.63, 3.8) is 0 Å². The van der Waals surface area contributed by atoms with Crippen molar-refractivity contribution in [3.8, 4) is 0 Å². The van der Waals surface area contributed by atoms with Gasteiger partial charge in [0.1, 0.15) is 0 Å². The van der Waals surface area contributed by atoms with Gasteiger partial charge in [-0.3, -0.25) is 4.90 Å². The molecule has 1 saturated carbocycles. The molecule has 2 atom stereocenters. The minimum atomic E-state index is 0.366. The molecule has 2 N–H and O–H groups in total. The zero-order valence-corrected chi connectivity index (χ0v) is 11.9. The van der Waals surface area contributed by atoms with E-state index in [1.165, 1.54) is 30.4 Å². The van der Waals surface area contributed by atoms with Crippen LogP contribution in [0.25, 0.3) is 0 Å². The molecule has 2 nitrogen and oxygen atoms in total. The third-order valence-corrected chi connectivity index (χ3v) is 4.18. The molecule has 2 heteroatoms. The van der Waals surface area contributed by atoms with Crippen LogP contribution in [0.15, 0.2) is 24.3 Å². The molecule has 1 aromatic carbocycles. The first-order valence-electron chi connectivity index (χ1n) is 7.12. The van der Waals surface area contributed by atoms with Gasteiger partial charge in [0, 0.05) is 18.6 Å². The Morgan fingerprint density at radius 2 is 1.89 bits per heavy atom. The maximum atomic E-state index is 6.16. The predicted molar refractivity (Wildman–Crippen MR) is 77.6 cm³/mol. The second-order valence-electron chi connectivity index (χ2n) is 5.97. The van der Waals surface area contributed by atoms with E-state index in [1.54, 1.807) is 0 Å². The van der Waals surface area contributed by atoms with Crippen LogP contribution in [0.2, 0.25) is 0 Å². The minimum Gasteiger partial charge on any atom is -0.326 e. The summed E-state index contributed by atoms with van der Waals surface area (Å²) in [4.78, 5) is 2.42. The molecule has 0 amide bonds. The maximum Gasteiger partial charge on any atom is 0.0247 e. The summed E-state index contributed by atoms with van der Waals surface area (Å²) in [6.07, 6.45) is 3.71. The van der Waals surface area contributed by atoms with E-state index in [9.17, 15) is 0 Å². The van der Waals surface area contributed by atoms with Gasteiger partial charge in [-0.2, -0.15) is 0 Å². The van der Waals surface area contributed by atoms with Gasteiger partial charge in [-0.15, -0.1) is 0 Å². The van der Waals surface area contributed by atoms with Crippen LogP contribution >= 0.6 is 0 Å². The molecular formula is C16H26N2. The number of nitrogens with zero attached hydrogens (tertiary/aromatic N) is 1. The van der Waals surface area contributed by atoms with E-state index in [4.69, 9.17) is 5.73 Å². The van der Waals surface area contributed by atoms with E-state index in [0.29, 0.717) is 18.0 Å². The Bertz CT molecular complexity index is 369. The van der Waals surface area contributed by atoms with Gasteiger partial charge >= 0.3 is 0 Å². The summed E-state index contributed by atoms with van der Waals surface area (Å²) in [6.45, 7) is 5.48. The van der Waals surface area contributed by atoms with Gasteiger partial charge in [-0.05, 0) is 36.9 Å². The van der Waals surface area contributed by atoms with Crippen molar-refractivity contribution >= 4 is 0 Å². The number of hydrogen-bond donors (Lipinski definition) is 1. The van der Waals surface area contributed by atoms with E-state index in [2.05, 4.69) is 50.1 Å². The van der Waals surface area contributed by atoms with Crippen LogP contribution in [-0.2, 0) is 6.54 Å². The van der Waals surface area contributed by atoms with Crippen LogP contribution in [0.1, 0.15) is 50.2 Å². The van der Waals surface area contributed by atoms with Gasteiger partial charge in [-0.25, -0.2) is 0 Å². The van der Waals surface area contributed by atoms with Crippen molar-refractivity contribution in [1.29, 1.82) is 0 Å². The number of rotatable bonds is 4. The molecule has 1 aliphatic rings. The molecule has 0 saturated heterocycles. The molecule has 2 rings (SSSR count). The predicted octanol–water partition coefficient (Wildman–Crippen LogP) is 3.12. The van der Waals surface area contributed by atoms with E-state index in [0.717, 1.165) is 6.54 Å². The smallest absolute Gasteiger partial charge is 0.0247 e. The SMILES string of the molecule is CC(C)c1ccc(CN(C)C2CCCC2N)cc1. The van der Waals surface area contributed by atoms with Crippen LogP contribution in [0, 0.1) is 0 Å². The van der Waals surface area contributed by atoms with Gasteiger partial charge in [0.15, 0.2) is 0 Å². The van der Waals surface area contributed by atoms with E-state index < -0.39 is 0 Å². The summed E-state index contributed by atoms with van der Waals surface area (Å²) in [6, 6.07) is 9.95. The van der Waals surface area contributed by atoms with Crippen molar-refractivity contribution in [1.82, 2.24) is 4.90 Å². The molecule has 0 aliphatic heterocycles. The number of nitrogens with two attached hydrogens (primary N) is 1. The van der Waals surface area contributed by atoms with Crippen LogP contribution in [0.5, 0.6) is 0 Å². The van der Waals surface area contributed by atoms with Crippen molar-refractivity contribution in [2.45, 2.75) is 57.7 Å². The molecule has 1 fully saturated rings. The third-order valence-electron chi connectivity index (χ3n) is 4.18. The highest BCUT2D eigenvalue weighted by molar-refractivity contribution is 5.24. The molecular weight excluding hydrogens is 220 g/mol. The molecule has 1 aliphatic carbocycles. The van der Waals surface area contributed by atoms with Crippen molar-refractivity contribution < 1.29 is 0 Å². The summed E-state index contributed by atoms with van der Waals surface area (Å²) >= 11 is 0. The quantitative estimate of drug-likeness (QED) is 0.884. The van der Waals surface area contributed by atoms with Gasteiger partial charge in [0.2, 0.25) is 0 Å². The first-order valence-corrected chi connectivity index (χ1v) is 7.12. The van der Waals surface area contributed by atoms with Gasteiger partial charge in [0.05, 0.1) is 0 Å². The number of benzene rings is 1. The minimum absolute atomic E-state index is 0.366. The molecule has 0 radical (unpaired) electrons. The Labute approximate surface area is 111 Å². The zero-order chi connectivity index (χ0) is 13.1. The van der Waals surface area contributed by atoms with Crippen LogP contribution < -0.4 is 5.73 Å². The molecule has 1 aromatic rings. The van der Waals surface area contributed by atoms with Crippen molar-refractivity contribution in [2.24, 2.45) is 5.73 Å². The lowest BCUT2D eigenvalue weighted by atomic mass is 10.0. The fourth-order valence-electron chi connectivity index (χ4n) is 2.93. The second-order valence-corrected chi connectivity index (χ2v) is 5.97. The Hall–Kier alpha value is -0.860. The summed E-state index contributed by atoms with van der Waals surface area (Å²) in [5.41, 5.74) is 8.96. The molecule has 0 spiro atoms. The largest absolute Gasteiger partial charge is 0.326 e. The lowest BCUT2D eigenvalue weighted by molar-refractivity contribution is 0.220. The molecule has 100 valence electrons. The van der Waals surface area contributed by atoms with Gasteiger partial charge < -0.3 is 5.73 Å². The highest BCUT2D eigenvalue weighted by Crippen LogP contribution is 2.23. The lowest BCUT2D eigenvalue weighted by Gasteiger charge is -2.27. The van der Waals surface area contributed by atoms with Crippen LogP contribution in [0.4, 0.5) is 0 Å². The fraction of sp³-hybridized carbons (Fsp3) is 0.625. The molecule has 2 unspecified atom stereocenters. The topological polar surface area (TPSA) is 29.3 Å². The summed E-state index contributed by atoms with van der Waals surface area (Å²) in [7, 11) is 2.20. The standard InChI is InChI=1S/C16H26N2/c1-12(2)14-9-7-13(8-10-14)11-18(3)16-6-4-5-15(16)17/h7-10,12,15-16H,4-6,11,17H2,1-3H3.